The molecule has 0 saturated heterocycles. The number of hydrogen-bond acceptors (Lipinski definition) is 4. The van der Waals surface area contributed by atoms with Crippen molar-refractivity contribution in [3.63, 3.8) is 0 Å². The van der Waals surface area contributed by atoms with Crippen LogP contribution in [0.3, 0.4) is 0 Å². The lowest BCUT2D eigenvalue weighted by Gasteiger charge is -2.07. The molecule has 3 aromatic heterocycles. The number of rotatable bonds is 2. The van der Waals surface area contributed by atoms with E-state index in [4.69, 9.17) is 0 Å². The van der Waals surface area contributed by atoms with Crippen LogP contribution < -0.4 is 0 Å². The summed E-state index contributed by atoms with van der Waals surface area (Å²) in [5.41, 5.74) is 3.02. The van der Waals surface area contributed by atoms with Gasteiger partial charge in [-0.05, 0) is 19.1 Å². The number of aromatic nitrogens is 4. The summed E-state index contributed by atoms with van der Waals surface area (Å²) in [5, 5.41) is 14.5. The number of hydrogen-bond donors (Lipinski definition) is 1. The van der Waals surface area contributed by atoms with Gasteiger partial charge in [0.25, 0.3) is 0 Å². The minimum atomic E-state index is -1.01. The zero-order chi connectivity index (χ0) is 14.3. The third kappa shape index (κ3) is 1.82. The minimum Gasteiger partial charge on any atom is -0.478 e. The Labute approximate surface area is 114 Å². The molecule has 0 amide bonds. The molecule has 20 heavy (non-hydrogen) atoms. The maximum Gasteiger partial charge on any atom is 0.337 e. The molecule has 3 rings (SSSR count). The number of aromatic carboxylic acids is 1. The molecule has 0 aromatic carbocycles. The van der Waals surface area contributed by atoms with E-state index < -0.39 is 5.97 Å². The first-order valence-electron chi connectivity index (χ1n) is 6.05. The molecule has 0 aliphatic carbocycles. The Morgan fingerprint density at radius 1 is 1.35 bits per heavy atom. The summed E-state index contributed by atoms with van der Waals surface area (Å²) in [7, 11) is 1.79. The normalized spacial score (nSPS) is 10.9. The lowest BCUT2D eigenvalue weighted by molar-refractivity contribution is 0.0697. The molecule has 0 spiro atoms. The molecule has 0 radical (unpaired) electrons. The highest BCUT2D eigenvalue weighted by atomic mass is 16.4. The number of carboxylic acids is 1. The van der Waals surface area contributed by atoms with E-state index in [1.165, 1.54) is 6.20 Å². The van der Waals surface area contributed by atoms with E-state index in [1.54, 1.807) is 36.3 Å². The number of fused-ring (bicyclic) bond motifs is 1. The summed E-state index contributed by atoms with van der Waals surface area (Å²) in [5.74, 6) is -1.01. The molecule has 0 aliphatic rings. The van der Waals surface area contributed by atoms with Gasteiger partial charge >= 0.3 is 5.97 Å². The van der Waals surface area contributed by atoms with E-state index in [0.717, 1.165) is 22.3 Å². The Bertz CT molecular complexity index is 823. The summed E-state index contributed by atoms with van der Waals surface area (Å²) in [6, 6.07) is 3.56. The standard InChI is InChI=1S/C14H12N4O2/c1-8-5-9(10(7-16-8)14(19)20)13-11-6-15-4-3-12(11)17-18(13)2/h3-7H,1-2H3,(H,19,20). The average molecular weight is 268 g/mol. The predicted molar refractivity (Wildman–Crippen MR) is 73.4 cm³/mol. The van der Waals surface area contributed by atoms with Crippen LogP contribution in [0.2, 0.25) is 0 Å². The van der Waals surface area contributed by atoms with E-state index >= 15 is 0 Å². The van der Waals surface area contributed by atoms with Crippen LogP contribution in [0.5, 0.6) is 0 Å². The molecule has 0 saturated carbocycles. The van der Waals surface area contributed by atoms with Crippen LogP contribution in [-0.2, 0) is 7.05 Å². The van der Waals surface area contributed by atoms with E-state index in [2.05, 4.69) is 15.1 Å². The Balaban J connectivity index is 2.39. The first-order valence-corrected chi connectivity index (χ1v) is 6.05. The van der Waals surface area contributed by atoms with Crippen LogP contribution in [-0.4, -0.2) is 30.8 Å². The minimum absolute atomic E-state index is 0.157. The molecule has 100 valence electrons. The smallest absolute Gasteiger partial charge is 0.337 e. The van der Waals surface area contributed by atoms with Crippen LogP contribution in [0.25, 0.3) is 22.2 Å². The molecule has 0 bridgehead atoms. The molecule has 0 fully saturated rings. The van der Waals surface area contributed by atoms with E-state index in [1.807, 2.05) is 6.92 Å². The average Bonchev–Trinajstić information content (AvgIpc) is 2.73. The van der Waals surface area contributed by atoms with Crippen molar-refractivity contribution in [2.24, 2.45) is 7.05 Å². The van der Waals surface area contributed by atoms with Gasteiger partial charge in [-0.15, -0.1) is 0 Å². The first kappa shape index (κ1) is 12.3. The van der Waals surface area contributed by atoms with Gasteiger partial charge in [0.2, 0.25) is 0 Å². The third-order valence-electron chi connectivity index (χ3n) is 3.16. The number of nitrogens with zero attached hydrogens (tertiary/aromatic N) is 4. The third-order valence-corrected chi connectivity index (χ3v) is 3.16. The molecule has 1 N–H and O–H groups in total. The number of carboxylic acid groups (broad SMARTS) is 1. The van der Waals surface area contributed by atoms with Crippen LogP contribution in [0, 0.1) is 6.92 Å². The van der Waals surface area contributed by atoms with Crippen molar-refractivity contribution in [1.82, 2.24) is 19.7 Å². The second kappa shape index (κ2) is 4.41. The molecule has 0 atom stereocenters. The summed E-state index contributed by atoms with van der Waals surface area (Å²) in [6.45, 7) is 1.83. The van der Waals surface area contributed by atoms with Gasteiger partial charge in [-0.2, -0.15) is 5.10 Å². The fraction of sp³-hybridized carbons (Fsp3) is 0.143. The molecule has 0 aliphatic heterocycles. The second-order valence-electron chi connectivity index (χ2n) is 4.54. The van der Waals surface area contributed by atoms with Crippen molar-refractivity contribution in [3.05, 3.63) is 42.0 Å². The van der Waals surface area contributed by atoms with Gasteiger partial charge in [0, 0.05) is 42.3 Å². The Morgan fingerprint density at radius 3 is 2.90 bits per heavy atom. The largest absolute Gasteiger partial charge is 0.478 e. The van der Waals surface area contributed by atoms with Gasteiger partial charge in [-0.1, -0.05) is 0 Å². The fourth-order valence-electron chi connectivity index (χ4n) is 2.29. The van der Waals surface area contributed by atoms with Crippen LogP contribution in [0.15, 0.2) is 30.7 Å². The summed E-state index contributed by atoms with van der Waals surface area (Å²) >= 11 is 0. The second-order valence-corrected chi connectivity index (χ2v) is 4.54. The topological polar surface area (TPSA) is 80.9 Å². The van der Waals surface area contributed by atoms with E-state index in [-0.39, 0.29) is 5.56 Å². The number of aryl methyl sites for hydroxylation is 2. The van der Waals surface area contributed by atoms with Gasteiger partial charge in [0.15, 0.2) is 0 Å². The maximum atomic E-state index is 11.4. The Hall–Kier alpha value is -2.76. The van der Waals surface area contributed by atoms with Gasteiger partial charge in [-0.25, -0.2) is 4.79 Å². The molecule has 6 nitrogen and oxygen atoms in total. The van der Waals surface area contributed by atoms with Crippen molar-refractivity contribution in [2.45, 2.75) is 6.92 Å². The van der Waals surface area contributed by atoms with Gasteiger partial charge < -0.3 is 5.11 Å². The first-order chi connectivity index (χ1) is 9.58. The fourth-order valence-corrected chi connectivity index (χ4v) is 2.29. The van der Waals surface area contributed by atoms with Gasteiger partial charge in [0.05, 0.1) is 16.8 Å². The van der Waals surface area contributed by atoms with Crippen molar-refractivity contribution in [3.8, 4) is 11.3 Å². The Morgan fingerprint density at radius 2 is 2.15 bits per heavy atom. The zero-order valence-corrected chi connectivity index (χ0v) is 11.0. The van der Waals surface area contributed by atoms with Crippen molar-refractivity contribution >= 4 is 16.9 Å². The van der Waals surface area contributed by atoms with Crippen molar-refractivity contribution in [1.29, 1.82) is 0 Å². The molecule has 3 heterocycles. The quantitative estimate of drug-likeness (QED) is 0.769. The lowest BCUT2D eigenvalue weighted by Crippen LogP contribution is -2.04. The van der Waals surface area contributed by atoms with E-state index in [9.17, 15) is 9.90 Å². The molecular formula is C14H12N4O2. The van der Waals surface area contributed by atoms with Crippen molar-refractivity contribution in [2.75, 3.05) is 0 Å². The molecular weight excluding hydrogens is 256 g/mol. The van der Waals surface area contributed by atoms with E-state index in [0.29, 0.717) is 5.56 Å². The lowest BCUT2D eigenvalue weighted by atomic mass is 10.0. The van der Waals surface area contributed by atoms with Crippen LogP contribution in [0.1, 0.15) is 16.1 Å². The SMILES string of the molecule is Cc1cc(-c2c3cnccc3nn2C)c(C(=O)O)cn1. The summed E-state index contributed by atoms with van der Waals surface area (Å²) in [6.07, 6.45) is 4.73. The molecule has 6 heteroatoms. The summed E-state index contributed by atoms with van der Waals surface area (Å²) in [4.78, 5) is 19.5. The molecule has 0 unspecified atom stereocenters. The highest BCUT2D eigenvalue weighted by Crippen LogP contribution is 2.30. The van der Waals surface area contributed by atoms with Crippen LogP contribution in [0.4, 0.5) is 0 Å². The van der Waals surface area contributed by atoms with Gasteiger partial charge in [-0.3, -0.25) is 14.6 Å². The Kier molecular flexibility index (Phi) is 2.71. The zero-order valence-electron chi connectivity index (χ0n) is 11.0. The van der Waals surface area contributed by atoms with Crippen molar-refractivity contribution < 1.29 is 9.90 Å². The predicted octanol–water partition coefficient (Wildman–Crippen LogP) is 2.04. The monoisotopic (exact) mass is 268 g/mol. The number of carbonyl (C=O) groups is 1. The number of pyridine rings is 2. The van der Waals surface area contributed by atoms with Gasteiger partial charge in [0.1, 0.15) is 0 Å². The van der Waals surface area contributed by atoms with Crippen LogP contribution >= 0.6 is 0 Å². The highest BCUT2D eigenvalue weighted by molar-refractivity contribution is 6.01. The summed E-state index contributed by atoms with van der Waals surface area (Å²) < 4.78 is 1.67. The highest BCUT2D eigenvalue weighted by Gasteiger charge is 2.18. The maximum absolute atomic E-state index is 11.4. The molecule has 3 aromatic rings.